The summed E-state index contributed by atoms with van der Waals surface area (Å²) in [6, 6.07) is 2.04. The number of rotatable bonds is 1. The van der Waals surface area contributed by atoms with E-state index in [1.807, 2.05) is 0 Å². The SMILES string of the molecule is CC1(C)C(=O)NCCN1C(=O)c1c(F)cc(Br)cc1F. The van der Waals surface area contributed by atoms with Crippen LogP contribution < -0.4 is 5.32 Å². The van der Waals surface area contributed by atoms with Gasteiger partial charge in [0.05, 0.1) is 0 Å². The third-order valence-corrected chi connectivity index (χ3v) is 3.78. The molecule has 20 heavy (non-hydrogen) atoms. The minimum atomic E-state index is -1.15. The summed E-state index contributed by atoms with van der Waals surface area (Å²) in [5.74, 6) is -3.09. The van der Waals surface area contributed by atoms with E-state index in [9.17, 15) is 18.4 Å². The maximum Gasteiger partial charge on any atom is 0.260 e. The number of hydrogen-bond donors (Lipinski definition) is 1. The van der Waals surface area contributed by atoms with Gasteiger partial charge in [-0.05, 0) is 26.0 Å². The molecule has 4 nitrogen and oxygen atoms in total. The summed E-state index contributed by atoms with van der Waals surface area (Å²) >= 11 is 2.96. The lowest BCUT2D eigenvalue weighted by atomic mass is 9.97. The molecule has 0 aromatic heterocycles. The largest absolute Gasteiger partial charge is 0.352 e. The molecule has 0 saturated carbocycles. The Morgan fingerprint density at radius 3 is 2.45 bits per heavy atom. The smallest absolute Gasteiger partial charge is 0.260 e. The van der Waals surface area contributed by atoms with Crippen LogP contribution in [0.4, 0.5) is 8.78 Å². The lowest BCUT2D eigenvalue weighted by Crippen LogP contribution is -2.63. The van der Waals surface area contributed by atoms with Gasteiger partial charge in [0.1, 0.15) is 22.7 Å². The van der Waals surface area contributed by atoms with E-state index in [4.69, 9.17) is 0 Å². The lowest BCUT2D eigenvalue weighted by molar-refractivity contribution is -0.133. The molecule has 1 N–H and O–H groups in total. The molecule has 108 valence electrons. The van der Waals surface area contributed by atoms with Crippen molar-refractivity contribution in [2.75, 3.05) is 13.1 Å². The Morgan fingerprint density at radius 2 is 1.90 bits per heavy atom. The molecule has 0 bridgehead atoms. The molecule has 1 aliphatic rings. The average Bonchev–Trinajstić information content (AvgIpc) is 2.31. The second-order valence-electron chi connectivity index (χ2n) is 5.02. The number of carbonyl (C=O) groups excluding carboxylic acids is 2. The highest BCUT2D eigenvalue weighted by atomic mass is 79.9. The number of nitrogens with zero attached hydrogens (tertiary/aromatic N) is 1. The predicted octanol–water partition coefficient (Wildman–Crippen LogP) is 2.08. The van der Waals surface area contributed by atoms with Gasteiger partial charge in [-0.3, -0.25) is 9.59 Å². The van der Waals surface area contributed by atoms with Crippen LogP contribution in [0.1, 0.15) is 24.2 Å². The summed E-state index contributed by atoms with van der Waals surface area (Å²) in [4.78, 5) is 25.3. The summed E-state index contributed by atoms with van der Waals surface area (Å²) in [5, 5.41) is 2.62. The molecule has 0 radical (unpaired) electrons. The first-order valence-electron chi connectivity index (χ1n) is 6.00. The summed E-state index contributed by atoms with van der Waals surface area (Å²) in [6.07, 6.45) is 0. The van der Waals surface area contributed by atoms with Crippen molar-refractivity contribution < 1.29 is 18.4 Å². The molecule has 1 aromatic rings. The molecule has 1 heterocycles. The van der Waals surface area contributed by atoms with Crippen LogP contribution in [0.15, 0.2) is 16.6 Å². The fourth-order valence-corrected chi connectivity index (χ4v) is 2.54. The zero-order valence-corrected chi connectivity index (χ0v) is 12.6. The molecule has 0 unspecified atom stereocenters. The van der Waals surface area contributed by atoms with E-state index < -0.39 is 28.6 Å². The number of hydrogen-bond acceptors (Lipinski definition) is 2. The minimum absolute atomic E-state index is 0.201. The van der Waals surface area contributed by atoms with E-state index in [1.54, 1.807) is 0 Å². The molecule has 1 fully saturated rings. The molecule has 0 atom stereocenters. The number of nitrogens with one attached hydrogen (secondary N) is 1. The molecule has 0 aliphatic carbocycles. The van der Waals surface area contributed by atoms with Crippen molar-refractivity contribution in [1.29, 1.82) is 0 Å². The monoisotopic (exact) mass is 346 g/mol. The van der Waals surface area contributed by atoms with Gasteiger partial charge in [-0.15, -0.1) is 0 Å². The van der Waals surface area contributed by atoms with Gasteiger partial charge in [0.15, 0.2) is 0 Å². The molecule has 0 spiro atoms. The Balaban J connectivity index is 2.44. The van der Waals surface area contributed by atoms with Gasteiger partial charge < -0.3 is 10.2 Å². The van der Waals surface area contributed by atoms with Crippen LogP contribution in [0, 0.1) is 11.6 Å². The van der Waals surface area contributed by atoms with E-state index in [2.05, 4.69) is 21.2 Å². The van der Waals surface area contributed by atoms with Gasteiger partial charge in [0.2, 0.25) is 5.91 Å². The van der Waals surface area contributed by atoms with Crippen LogP contribution in [0.3, 0.4) is 0 Å². The zero-order valence-electron chi connectivity index (χ0n) is 11.0. The Hall–Kier alpha value is -1.50. The molecule has 1 saturated heterocycles. The van der Waals surface area contributed by atoms with Crippen molar-refractivity contribution in [2.24, 2.45) is 0 Å². The van der Waals surface area contributed by atoms with Crippen molar-refractivity contribution in [3.05, 3.63) is 33.8 Å². The molecule has 1 aliphatic heterocycles. The fourth-order valence-electron chi connectivity index (χ4n) is 2.14. The van der Waals surface area contributed by atoms with Crippen molar-refractivity contribution in [2.45, 2.75) is 19.4 Å². The van der Waals surface area contributed by atoms with Crippen LogP contribution in [0.2, 0.25) is 0 Å². The van der Waals surface area contributed by atoms with Crippen molar-refractivity contribution in [3.63, 3.8) is 0 Å². The topological polar surface area (TPSA) is 49.4 Å². The Morgan fingerprint density at radius 1 is 1.35 bits per heavy atom. The maximum absolute atomic E-state index is 13.8. The normalized spacial score (nSPS) is 17.9. The molecule has 1 aromatic carbocycles. The quantitative estimate of drug-likeness (QED) is 0.846. The second-order valence-corrected chi connectivity index (χ2v) is 5.93. The highest BCUT2D eigenvalue weighted by molar-refractivity contribution is 9.10. The van der Waals surface area contributed by atoms with Crippen LogP contribution >= 0.6 is 15.9 Å². The fraction of sp³-hybridized carbons (Fsp3) is 0.385. The molecular formula is C13H13BrF2N2O2. The van der Waals surface area contributed by atoms with Gasteiger partial charge in [-0.2, -0.15) is 0 Å². The third-order valence-electron chi connectivity index (χ3n) is 3.32. The Bertz CT molecular complexity index is 567. The first-order chi connectivity index (χ1) is 9.25. The van der Waals surface area contributed by atoms with Crippen LogP contribution in [0.5, 0.6) is 0 Å². The standard InChI is InChI=1S/C13H13BrF2N2O2/c1-13(2)12(20)17-3-4-18(13)11(19)10-8(15)5-7(14)6-9(10)16/h5-6H,3-4H2,1-2H3,(H,17,20). The summed E-state index contributed by atoms with van der Waals surface area (Å²) in [5.41, 5.74) is -1.79. The van der Waals surface area contributed by atoms with Gasteiger partial charge in [-0.1, -0.05) is 15.9 Å². The molecular weight excluding hydrogens is 334 g/mol. The lowest BCUT2D eigenvalue weighted by Gasteiger charge is -2.41. The number of halogens is 3. The highest BCUT2D eigenvalue weighted by Gasteiger charge is 2.42. The van der Waals surface area contributed by atoms with E-state index >= 15 is 0 Å². The molecule has 2 rings (SSSR count). The van der Waals surface area contributed by atoms with Gasteiger partial charge in [0.25, 0.3) is 5.91 Å². The number of piperazine rings is 1. The summed E-state index contributed by atoms with van der Waals surface area (Å²) in [6.45, 7) is 3.53. The average molecular weight is 347 g/mol. The van der Waals surface area contributed by atoms with Crippen LogP contribution in [-0.4, -0.2) is 35.3 Å². The van der Waals surface area contributed by atoms with Crippen molar-refractivity contribution in [3.8, 4) is 0 Å². The van der Waals surface area contributed by atoms with Crippen LogP contribution in [0.25, 0.3) is 0 Å². The third kappa shape index (κ3) is 2.42. The van der Waals surface area contributed by atoms with Crippen molar-refractivity contribution >= 4 is 27.7 Å². The van der Waals surface area contributed by atoms with E-state index in [1.165, 1.54) is 18.7 Å². The molecule has 7 heteroatoms. The molecule has 2 amide bonds. The van der Waals surface area contributed by atoms with Gasteiger partial charge in [0, 0.05) is 17.6 Å². The predicted molar refractivity (Wildman–Crippen MR) is 72.2 cm³/mol. The number of amides is 2. The summed E-state index contributed by atoms with van der Waals surface area (Å²) in [7, 11) is 0. The maximum atomic E-state index is 13.8. The Labute approximate surface area is 123 Å². The Kier molecular flexibility index (Phi) is 3.82. The van der Waals surface area contributed by atoms with Gasteiger partial charge >= 0.3 is 0 Å². The van der Waals surface area contributed by atoms with E-state index in [0.29, 0.717) is 0 Å². The first-order valence-corrected chi connectivity index (χ1v) is 6.79. The summed E-state index contributed by atoms with van der Waals surface area (Å²) < 4.78 is 27.9. The van der Waals surface area contributed by atoms with Crippen molar-refractivity contribution in [1.82, 2.24) is 10.2 Å². The van der Waals surface area contributed by atoms with Crippen LogP contribution in [-0.2, 0) is 4.79 Å². The van der Waals surface area contributed by atoms with E-state index in [0.717, 1.165) is 12.1 Å². The zero-order chi connectivity index (χ0) is 15.1. The number of benzene rings is 1. The number of carbonyl (C=O) groups is 2. The highest BCUT2D eigenvalue weighted by Crippen LogP contribution is 2.25. The second kappa shape index (κ2) is 5.12. The first kappa shape index (κ1) is 14.9. The van der Waals surface area contributed by atoms with Gasteiger partial charge in [-0.25, -0.2) is 8.78 Å². The minimum Gasteiger partial charge on any atom is -0.352 e. The van der Waals surface area contributed by atoms with E-state index in [-0.39, 0.29) is 23.5 Å².